The maximum absolute atomic E-state index is 11.5. The van der Waals surface area contributed by atoms with Gasteiger partial charge in [0.1, 0.15) is 0 Å². The molecule has 0 saturated carbocycles. The lowest BCUT2D eigenvalue weighted by Crippen LogP contribution is -2.44. The molecule has 1 fully saturated rings. The second-order valence-corrected chi connectivity index (χ2v) is 6.78. The number of nitrogens with zero attached hydrogens (tertiary/aromatic N) is 2. The van der Waals surface area contributed by atoms with Crippen LogP contribution in [0, 0.1) is 22.2 Å². The highest BCUT2D eigenvalue weighted by molar-refractivity contribution is 5.74. The van der Waals surface area contributed by atoms with Gasteiger partial charge >= 0.3 is 5.97 Å². The third-order valence-electron chi connectivity index (χ3n) is 4.57. The van der Waals surface area contributed by atoms with Crippen molar-refractivity contribution in [3.63, 3.8) is 0 Å². The number of likely N-dealkylation sites (tertiary alicyclic amines) is 1. The number of carboxylic acids is 1. The van der Waals surface area contributed by atoms with E-state index < -0.39 is 11.4 Å². The quantitative estimate of drug-likeness (QED) is 0.777. The highest BCUT2D eigenvalue weighted by atomic mass is 16.4. The van der Waals surface area contributed by atoms with E-state index in [0.717, 1.165) is 58.2 Å². The molecule has 0 bridgehead atoms. The van der Waals surface area contributed by atoms with Gasteiger partial charge in [-0.3, -0.25) is 4.79 Å². The smallest absolute Gasteiger partial charge is 0.309 e. The molecule has 4 heteroatoms. The molecule has 0 aliphatic carbocycles. The van der Waals surface area contributed by atoms with Gasteiger partial charge in [0.2, 0.25) is 0 Å². The van der Waals surface area contributed by atoms with Crippen LogP contribution in [0.2, 0.25) is 0 Å². The molecular formula is C16H28N2O2. The number of aliphatic carboxylic acids is 1. The van der Waals surface area contributed by atoms with Crippen LogP contribution in [0.25, 0.3) is 0 Å². The molecule has 0 unspecified atom stereocenters. The van der Waals surface area contributed by atoms with Crippen molar-refractivity contribution in [2.75, 3.05) is 19.6 Å². The number of hydrogen-bond donors (Lipinski definition) is 1. The molecule has 1 aliphatic heterocycles. The molecule has 0 aromatic heterocycles. The lowest BCUT2D eigenvalue weighted by Gasteiger charge is -2.39. The summed E-state index contributed by atoms with van der Waals surface area (Å²) < 4.78 is 0. The maximum atomic E-state index is 11.5. The van der Waals surface area contributed by atoms with Crippen LogP contribution in [-0.2, 0) is 4.79 Å². The molecule has 1 heterocycles. The number of hydrogen-bond acceptors (Lipinski definition) is 3. The lowest BCUT2D eigenvalue weighted by atomic mass is 9.75. The zero-order valence-corrected chi connectivity index (χ0v) is 13.1. The van der Waals surface area contributed by atoms with Gasteiger partial charge in [-0.1, -0.05) is 13.3 Å². The molecule has 0 amide bonds. The van der Waals surface area contributed by atoms with Gasteiger partial charge in [-0.2, -0.15) is 5.26 Å². The molecule has 1 N–H and O–H groups in total. The van der Waals surface area contributed by atoms with Gasteiger partial charge in [0, 0.05) is 0 Å². The molecule has 0 radical (unpaired) electrons. The van der Waals surface area contributed by atoms with Crippen molar-refractivity contribution >= 4 is 5.97 Å². The van der Waals surface area contributed by atoms with Crippen LogP contribution in [0.4, 0.5) is 0 Å². The summed E-state index contributed by atoms with van der Waals surface area (Å²) >= 11 is 0. The number of piperidine rings is 1. The van der Waals surface area contributed by atoms with E-state index in [9.17, 15) is 9.90 Å². The SMILES string of the molecule is CCCC1(C(=O)O)CCN(CCCC(C)(C)C#N)CC1. The summed E-state index contributed by atoms with van der Waals surface area (Å²) in [5.74, 6) is -0.621. The van der Waals surface area contributed by atoms with Gasteiger partial charge in [-0.25, -0.2) is 0 Å². The molecule has 0 spiro atoms. The van der Waals surface area contributed by atoms with Gasteiger partial charge < -0.3 is 10.0 Å². The molecule has 114 valence electrons. The monoisotopic (exact) mass is 280 g/mol. The first-order valence-electron chi connectivity index (χ1n) is 7.72. The maximum Gasteiger partial charge on any atom is 0.309 e. The first-order chi connectivity index (χ1) is 9.35. The van der Waals surface area contributed by atoms with Crippen LogP contribution < -0.4 is 0 Å². The fourth-order valence-corrected chi connectivity index (χ4v) is 3.05. The Morgan fingerprint density at radius 1 is 1.40 bits per heavy atom. The highest BCUT2D eigenvalue weighted by Crippen LogP contribution is 2.36. The molecule has 20 heavy (non-hydrogen) atoms. The van der Waals surface area contributed by atoms with Crippen molar-refractivity contribution < 1.29 is 9.90 Å². The van der Waals surface area contributed by atoms with Gasteiger partial charge in [-0.15, -0.1) is 0 Å². The van der Waals surface area contributed by atoms with E-state index in [1.165, 1.54) is 0 Å². The van der Waals surface area contributed by atoms with Crippen LogP contribution in [0.3, 0.4) is 0 Å². The van der Waals surface area contributed by atoms with E-state index in [1.807, 2.05) is 13.8 Å². The zero-order valence-electron chi connectivity index (χ0n) is 13.1. The Morgan fingerprint density at radius 3 is 2.45 bits per heavy atom. The van der Waals surface area contributed by atoms with Gasteiger partial charge in [0.15, 0.2) is 0 Å². The summed E-state index contributed by atoms with van der Waals surface area (Å²) in [4.78, 5) is 13.9. The number of nitriles is 1. The third-order valence-corrected chi connectivity index (χ3v) is 4.57. The van der Waals surface area contributed by atoms with Crippen LogP contribution in [0.15, 0.2) is 0 Å². The van der Waals surface area contributed by atoms with Crippen molar-refractivity contribution in [3.8, 4) is 6.07 Å². The van der Waals surface area contributed by atoms with E-state index >= 15 is 0 Å². The molecule has 1 aliphatic rings. The summed E-state index contributed by atoms with van der Waals surface area (Å²) in [5.41, 5.74) is -0.736. The van der Waals surface area contributed by atoms with E-state index in [-0.39, 0.29) is 5.41 Å². The van der Waals surface area contributed by atoms with Crippen LogP contribution in [0.1, 0.15) is 59.3 Å². The minimum atomic E-state index is -0.621. The first kappa shape index (κ1) is 17.0. The number of carboxylic acid groups (broad SMARTS) is 1. The standard InChI is InChI=1S/C16H28N2O2/c1-4-6-16(14(19)20)8-11-18(12-9-16)10-5-7-15(2,3)13-17/h4-12H2,1-3H3,(H,19,20). The molecule has 1 rings (SSSR count). The third kappa shape index (κ3) is 4.49. The van der Waals surface area contributed by atoms with Crippen LogP contribution in [0.5, 0.6) is 0 Å². The number of carbonyl (C=O) groups is 1. The summed E-state index contributed by atoms with van der Waals surface area (Å²) in [6, 6.07) is 2.33. The molecule has 0 aromatic carbocycles. The topological polar surface area (TPSA) is 64.3 Å². The second kappa shape index (κ2) is 7.08. The van der Waals surface area contributed by atoms with Crippen molar-refractivity contribution in [1.29, 1.82) is 5.26 Å². The van der Waals surface area contributed by atoms with Gasteiger partial charge in [-0.05, 0) is 65.6 Å². The Morgan fingerprint density at radius 2 is 2.00 bits per heavy atom. The summed E-state index contributed by atoms with van der Waals surface area (Å²) in [5, 5.41) is 18.5. The Hall–Kier alpha value is -1.08. The van der Waals surface area contributed by atoms with Gasteiger partial charge in [0.25, 0.3) is 0 Å². The van der Waals surface area contributed by atoms with Crippen molar-refractivity contribution in [1.82, 2.24) is 4.90 Å². The van der Waals surface area contributed by atoms with Crippen molar-refractivity contribution in [2.45, 2.75) is 59.3 Å². The minimum absolute atomic E-state index is 0.247. The average Bonchev–Trinajstić information content (AvgIpc) is 2.41. The van der Waals surface area contributed by atoms with Gasteiger partial charge in [0.05, 0.1) is 16.9 Å². The lowest BCUT2D eigenvalue weighted by molar-refractivity contribution is -0.152. The van der Waals surface area contributed by atoms with E-state index in [2.05, 4.69) is 17.9 Å². The molecule has 0 atom stereocenters. The van der Waals surface area contributed by atoms with E-state index in [0.29, 0.717) is 0 Å². The summed E-state index contributed by atoms with van der Waals surface area (Å²) in [6.45, 7) is 8.73. The predicted octanol–water partition coefficient (Wildman–Crippen LogP) is 3.28. The Labute approximate surface area is 122 Å². The first-order valence-corrected chi connectivity index (χ1v) is 7.72. The fourth-order valence-electron chi connectivity index (χ4n) is 3.05. The molecule has 1 saturated heterocycles. The Balaban J connectivity index is 2.39. The Bertz CT molecular complexity index is 363. The van der Waals surface area contributed by atoms with E-state index in [1.54, 1.807) is 0 Å². The summed E-state index contributed by atoms with van der Waals surface area (Å²) in [7, 11) is 0. The second-order valence-electron chi connectivity index (χ2n) is 6.78. The molecular weight excluding hydrogens is 252 g/mol. The van der Waals surface area contributed by atoms with Crippen molar-refractivity contribution in [3.05, 3.63) is 0 Å². The zero-order chi connectivity index (χ0) is 15.2. The number of rotatable bonds is 7. The highest BCUT2D eigenvalue weighted by Gasteiger charge is 2.40. The van der Waals surface area contributed by atoms with E-state index in [4.69, 9.17) is 5.26 Å². The van der Waals surface area contributed by atoms with Crippen molar-refractivity contribution in [2.24, 2.45) is 10.8 Å². The normalized spacial score (nSPS) is 19.5. The van der Waals surface area contributed by atoms with Crippen LogP contribution in [-0.4, -0.2) is 35.6 Å². The molecule has 4 nitrogen and oxygen atoms in total. The fraction of sp³-hybridized carbons (Fsp3) is 0.875. The van der Waals surface area contributed by atoms with Crippen LogP contribution >= 0.6 is 0 Å². The largest absolute Gasteiger partial charge is 0.481 e. The predicted molar refractivity (Wildman–Crippen MR) is 79.3 cm³/mol. The minimum Gasteiger partial charge on any atom is -0.481 e. The molecule has 0 aromatic rings. The average molecular weight is 280 g/mol. The summed E-state index contributed by atoms with van der Waals surface area (Å²) in [6.07, 6.45) is 5.16. The Kier molecular flexibility index (Phi) is 6.01.